The smallest absolute Gasteiger partial charge is 0.264 e. The highest BCUT2D eigenvalue weighted by atomic mass is 32.2. The number of methoxy groups -OCH3 is 2. The summed E-state index contributed by atoms with van der Waals surface area (Å²) < 4.78 is 40.4. The molecule has 9 nitrogen and oxygen atoms in total. The van der Waals surface area contributed by atoms with Gasteiger partial charge in [-0.1, -0.05) is 85.6 Å². The molecule has 0 aromatic heterocycles. The number of nitrogens with one attached hydrogen (secondary N) is 1. The molecule has 0 aliphatic carbocycles. The predicted octanol–water partition coefficient (Wildman–Crippen LogP) is 5.76. The van der Waals surface area contributed by atoms with Crippen LogP contribution in [0.15, 0.2) is 108 Å². The summed E-state index contributed by atoms with van der Waals surface area (Å²) in [6.45, 7) is 3.98. The van der Waals surface area contributed by atoms with Gasteiger partial charge in [-0.25, -0.2) is 8.42 Å². The largest absolute Gasteiger partial charge is 0.497 e. The molecule has 0 saturated carbocycles. The molecular weight excluding hydrogens is 614 g/mol. The number of benzene rings is 4. The molecule has 0 fully saturated rings. The maximum Gasteiger partial charge on any atom is 0.264 e. The molecule has 0 spiro atoms. The van der Waals surface area contributed by atoms with E-state index >= 15 is 0 Å². The Balaban J connectivity index is 1.82. The van der Waals surface area contributed by atoms with Crippen LogP contribution in [0.25, 0.3) is 0 Å². The number of unbranched alkanes of at least 4 members (excludes halogenated alkanes) is 1. The minimum absolute atomic E-state index is 0.0274. The lowest BCUT2D eigenvalue weighted by Crippen LogP contribution is -2.53. The summed E-state index contributed by atoms with van der Waals surface area (Å²) in [4.78, 5) is 30.0. The van der Waals surface area contributed by atoms with E-state index in [4.69, 9.17) is 9.47 Å². The van der Waals surface area contributed by atoms with E-state index in [0.717, 1.165) is 33.8 Å². The number of rotatable bonds is 16. The van der Waals surface area contributed by atoms with Crippen LogP contribution >= 0.6 is 0 Å². The minimum Gasteiger partial charge on any atom is -0.497 e. The molecule has 0 saturated heterocycles. The summed E-state index contributed by atoms with van der Waals surface area (Å²) in [7, 11) is -1.35. The molecule has 0 aliphatic heterocycles. The van der Waals surface area contributed by atoms with E-state index in [1.54, 1.807) is 36.4 Å². The van der Waals surface area contributed by atoms with Gasteiger partial charge in [0.2, 0.25) is 11.8 Å². The van der Waals surface area contributed by atoms with Gasteiger partial charge in [0.05, 0.1) is 24.8 Å². The van der Waals surface area contributed by atoms with Crippen LogP contribution in [-0.4, -0.2) is 58.5 Å². The molecule has 2 amide bonds. The Labute approximate surface area is 278 Å². The molecule has 1 N–H and O–H groups in total. The average molecular weight is 658 g/mol. The number of carbonyl (C=O) groups excluding carboxylic acids is 2. The molecule has 4 aromatic carbocycles. The fourth-order valence-electron chi connectivity index (χ4n) is 5.29. The zero-order valence-corrected chi connectivity index (χ0v) is 28.2. The summed E-state index contributed by atoms with van der Waals surface area (Å²) in [6.07, 6.45) is 1.93. The van der Waals surface area contributed by atoms with Crippen LogP contribution in [0.5, 0.6) is 11.5 Å². The second-order valence-corrected chi connectivity index (χ2v) is 13.1. The third-order valence-corrected chi connectivity index (χ3v) is 9.59. The van der Waals surface area contributed by atoms with Crippen LogP contribution < -0.4 is 19.1 Å². The highest BCUT2D eigenvalue weighted by molar-refractivity contribution is 7.92. The van der Waals surface area contributed by atoms with E-state index in [-0.39, 0.29) is 35.2 Å². The third-order valence-electron chi connectivity index (χ3n) is 7.82. The highest BCUT2D eigenvalue weighted by Gasteiger charge is 2.35. The number of amides is 2. The van der Waals surface area contributed by atoms with E-state index in [1.807, 2.05) is 68.4 Å². The van der Waals surface area contributed by atoms with Crippen molar-refractivity contribution in [3.63, 3.8) is 0 Å². The Morgan fingerprint density at radius 1 is 0.830 bits per heavy atom. The Morgan fingerprint density at radius 3 is 2.17 bits per heavy atom. The first-order valence-electron chi connectivity index (χ1n) is 15.6. The predicted molar refractivity (Wildman–Crippen MR) is 184 cm³/mol. The quantitative estimate of drug-likeness (QED) is 0.154. The molecule has 248 valence electrons. The second-order valence-electron chi connectivity index (χ2n) is 11.2. The van der Waals surface area contributed by atoms with Crippen molar-refractivity contribution >= 4 is 27.5 Å². The molecule has 0 bridgehead atoms. The summed E-state index contributed by atoms with van der Waals surface area (Å²) in [5, 5.41) is 3.01. The first-order chi connectivity index (χ1) is 22.7. The van der Waals surface area contributed by atoms with Gasteiger partial charge in [0, 0.05) is 19.5 Å². The van der Waals surface area contributed by atoms with Gasteiger partial charge in [-0.2, -0.15) is 0 Å². The van der Waals surface area contributed by atoms with Gasteiger partial charge in [-0.3, -0.25) is 13.9 Å². The van der Waals surface area contributed by atoms with Crippen molar-refractivity contribution in [2.75, 3.05) is 31.6 Å². The standard InChI is InChI=1S/C37H43N3O6S/c1-5-6-23-38-37(42)34(25-29-14-8-7-9-15-29)39(26-30-16-12-13-28(2)24-30)36(41)27-40(33-17-10-11-18-35(33)46-4)47(43,44)32-21-19-31(45-3)20-22-32/h7-22,24,34H,5-6,23,25-27H2,1-4H3,(H,38,42)/t34-/m0/s1. The molecule has 0 aliphatic rings. The van der Waals surface area contributed by atoms with Gasteiger partial charge >= 0.3 is 0 Å². The van der Waals surface area contributed by atoms with Crippen LogP contribution in [0.3, 0.4) is 0 Å². The fourth-order valence-corrected chi connectivity index (χ4v) is 6.72. The van der Waals surface area contributed by atoms with Gasteiger partial charge in [-0.05, 0) is 60.9 Å². The number of sulfonamides is 1. The van der Waals surface area contributed by atoms with Gasteiger partial charge < -0.3 is 19.7 Å². The minimum atomic E-state index is -4.29. The SMILES string of the molecule is CCCCNC(=O)[C@H](Cc1ccccc1)N(Cc1cccc(C)c1)C(=O)CN(c1ccccc1OC)S(=O)(=O)c1ccc(OC)cc1. The zero-order valence-electron chi connectivity index (χ0n) is 27.4. The number of hydrogen-bond donors (Lipinski definition) is 1. The summed E-state index contributed by atoms with van der Waals surface area (Å²) >= 11 is 0. The van der Waals surface area contributed by atoms with Crippen LogP contribution in [0.4, 0.5) is 5.69 Å². The van der Waals surface area contributed by atoms with Crippen molar-refractivity contribution in [3.05, 3.63) is 120 Å². The molecule has 10 heteroatoms. The molecule has 0 unspecified atom stereocenters. The normalized spacial score (nSPS) is 11.7. The summed E-state index contributed by atoms with van der Waals surface area (Å²) in [5.41, 5.74) is 2.89. The Morgan fingerprint density at radius 2 is 1.51 bits per heavy atom. The monoisotopic (exact) mass is 657 g/mol. The topological polar surface area (TPSA) is 105 Å². The van der Waals surface area contributed by atoms with Crippen molar-refractivity contribution in [1.82, 2.24) is 10.2 Å². The molecule has 4 rings (SSSR count). The Hall–Kier alpha value is -4.83. The number of carbonyl (C=O) groups is 2. The van der Waals surface area contributed by atoms with E-state index < -0.39 is 28.5 Å². The first kappa shape index (κ1) is 35.0. The van der Waals surface area contributed by atoms with Gasteiger partial charge in [0.25, 0.3) is 10.0 Å². The van der Waals surface area contributed by atoms with Crippen LogP contribution in [0, 0.1) is 6.92 Å². The number of hydrogen-bond acceptors (Lipinski definition) is 6. The van der Waals surface area contributed by atoms with Crippen molar-refractivity contribution in [2.45, 2.75) is 50.6 Å². The zero-order chi connectivity index (χ0) is 33.8. The van der Waals surface area contributed by atoms with Crippen molar-refractivity contribution in [2.24, 2.45) is 0 Å². The van der Waals surface area contributed by atoms with Crippen LogP contribution in [0.1, 0.15) is 36.5 Å². The molecule has 0 radical (unpaired) electrons. The Bertz CT molecular complexity index is 1730. The first-order valence-corrected chi connectivity index (χ1v) is 17.1. The summed E-state index contributed by atoms with van der Waals surface area (Å²) in [6, 6.07) is 28.9. The summed E-state index contributed by atoms with van der Waals surface area (Å²) in [5.74, 6) is -0.0713. The average Bonchev–Trinajstić information content (AvgIpc) is 3.09. The van der Waals surface area contributed by atoms with Crippen molar-refractivity contribution < 1.29 is 27.5 Å². The number of aryl methyl sites for hydroxylation is 1. The second kappa shape index (κ2) is 16.6. The Kier molecular flexibility index (Phi) is 12.4. The van der Waals surface area contributed by atoms with E-state index in [0.29, 0.717) is 12.3 Å². The lowest BCUT2D eigenvalue weighted by Gasteiger charge is -2.34. The van der Waals surface area contributed by atoms with E-state index in [2.05, 4.69) is 5.32 Å². The van der Waals surface area contributed by atoms with Crippen molar-refractivity contribution in [1.29, 1.82) is 0 Å². The van der Waals surface area contributed by atoms with Gasteiger partial charge in [0.15, 0.2) is 0 Å². The lowest BCUT2D eigenvalue weighted by molar-refractivity contribution is -0.140. The fraction of sp³-hybridized carbons (Fsp3) is 0.297. The van der Waals surface area contributed by atoms with Crippen LogP contribution in [0.2, 0.25) is 0 Å². The van der Waals surface area contributed by atoms with E-state index in [1.165, 1.54) is 31.3 Å². The molecular formula is C37H43N3O6S. The van der Waals surface area contributed by atoms with E-state index in [9.17, 15) is 18.0 Å². The maximum absolute atomic E-state index is 14.6. The molecule has 4 aromatic rings. The molecule has 47 heavy (non-hydrogen) atoms. The number of ether oxygens (including phenoxy) is 2. The number of anilines is 1. The van der Waals surface area contributed by atoms with Gasteiger partial charge in [-0.15, -0.1) is 0 Å². The lowest BCUT2D eigenvalue weighted by atomic mass is 10.0. The van der Waals surface area contributed by atoms with Gasteiger partial charge in [0.1, 0.15) is 24.1 Å². The highest BCUT2D eigenvalue weighted by Crippen LogP contribution is 2.33. The van der Waals surface area contributed by atoms with Crippen molar-refractivity contribution in [3.8, 4) is 11.5 Å². The number of nitrogens with zero attached hydrogens (tertiary/aromatic N) is 2. The molecule has 0 heterocycles. The molecule has 1 atom stereocenters. The van der Waals surface area contributed by atoms with Crippen LogP contribution in [-0.2, 0) is 32.6 Å². The number of para-hydroxylation sites is 2. The maximum atomic E-state index is 14.6. The third kappa shape index (κ3) is 9.13.